The minimum atomic E-state index is 0.294. The third-order valence-corrected chi connectivity index (χ3v) is 2.69. The van der Waals surface area contributed by atoms with E-state index in [9.17, 15) is 0 Å². The summed E-state index contributed by atoms with van der Waals surface area (Å²) in [5.41, 5.74) is 1.20. The van der Waals surface area contributed by atoms with Gasteiger partial charge in [-0.2, -0.15) is 0 Å². The molecule has 1 rings (SSSR count). The zero-order valence-corrected chi connectivity index (χ0v) is 10.8. The summed E-state index contributed by atoms with van der Waals surface area (Å²) in [5, 5.41) is 3.26. The highest BCUT2D eigenvalue weighted by Crippen LogP contribution is 2.16. The van der Waals surface area contributed by atoms with Gasteiger partial charge in [0.1, 0.15) is 18.1 Å². The zero-order chi connectivity index (χ0) is 12.0. The van der Waals surface area contributed by atoms with Crippen molar-refractivity contribution in [2.75, 3.05) is 6.54 Å². The second-order valence-electron chi connectivity index (χ2n) is 4.13. The lowest BCUT2D eigenvalue weighted by Gasteiger charge is -2.08. The van der Waals surface area contributed by atoms with Gasteiger partial charge in [0.05, 0.1) is 12.6 Å². The van der Waals surface area contributed by atoms with Crippen LogP contribution in [0.2, 0.25) is 0 Å². The van der Waals surface area contributed by atoms with E-state index in [0.717, 1.165) is 31.0 Å². The minimum Gasteiger partial charge on any atom is -0.462 e. The Hall–Kier alpha value is -0.800. The van der Waals surface area contributed by atoms with Crippen molar-refractivity contribution in [2.45, 2.75) is 53.4 Å². The van der Waals surface area contributed by atoms with Gasteiger partial charge in [0.15, 0.2) is 0 Å². The maximum atomic E-state index is 5.72. The van der Waals surface area contributed by atoms with Gasteiger partial charge in [-0.3, -0.25) is 0 Å². The summed E-state index contributed by atoms with van der Waals surface area (Å²) in [6.07, 6.45) is 1.33. The molecule has 0 saturated heterocycles. The highest BCUT2D eigenvalue weighted by atomic mass is 16.5. The smallest absolute Gasteiger partial charge is 0.130 e. The zero-order valence-electron chi connectivity index (χ0n) is 10.8. The Morgan fingerprint density at radius 2 is 2.19 bits per heavy atom. The van der Waals surface area contributed by atoms with Gasteiger partial charge in [-0.1, -0.05) is 13.8 Å². The van der Waals surface area contributed by atoms with Crippen LogP contribution in [-0.2, 0) is 17.9 Å². The Labute approximate surface area is 98.2 Å². The molecule has 1 heterocycles. The number of furan rings is 1. The van der Waals surface area contributed by atoms with Crippen molar-refractivity contribution >= 4 is 0 Å². The molecule has 1 aromatic rings. The number of nitrogens with one attached hydrogen (secondary N) is 1. The highest BCUT2D eigenvalue weighted by molar-refractivity contribution is 5.19. The normalized spacial score (nSPS) is 13.0. The SMILES string of the molecule is CCNCc1oc(COC(C)CC)cc1C. The number of ether oxygens (including phenoxy) is 1. The van der Waals surface area contributed by atoms with Gasteiger partial charge in [-0.15, -0.1) is 0 Å². The number of aryl methyl sites for hydroxylation is 1. The van der Waals surface area contributed by atoms with Crippen molar-refractivity contribution in [3.05, 3.63) is 23.2 Å². The molecule has 0 bridgehead atoms. The molecule has 0 aliphatic heterocycles. The van der Waals surface area contributed by atoms with Crippen LogP contribution in [0.1, 0.15) is 44.3 Å². The quantitative estimate of drug-likeness (QED) is 0.774. The monoisotopic (exact) mass is 225 g/mol. The Kier molecular flexibility index (Phi) is 5.56. The molecule has 3 heteroatoms. The number of hydrogen-bond acceptors (Lipinski definition) is 3. The average molecular weight is 225 g/mol. The van der Waals surface area contributed by atoms with Gasteiger partial charge in [-0.05, 0) is 38.4 Å². The summed E-state index contributed by atoms with van der Waals surface area (Å²) in [4.78, 5) is 0. The summed E-state index contributed by atoms with van der Waals surface area (Å²) in [6.45, 7) is 10.7. The van der Waals surface area contributed by atoms with Crippen LogP contribution in [0.5, 0.6) is 0 Å². The lowest BCUT2D eigenvalue weighted by molar-refractivity contribution is 0.0400. The molecule has 0 saturated carbocycles. The first-order valence-electron chi connectivity index (χ1n) is 6.07. The first-order valence-corrected chi connectivity index (χ1v) is 6.07. The summed E-state index contributed by atoms with van der Waals surface area (Å²) < 4.78 is 11.4. The molecule has 0 spiro atoms. The summed E-state index contributed by atoms with van der Waals surface area (Å²) in [5.74, 6) is 1.94. The highest BCUT2D eigenvalue weighted by Gasteiger charge is 2.08. The second-order valence-corrected chi connectivity index (χ2v) is 4.13. The molecule has 3 nitrogen and oxygen atoms in total. The van der Waals surface area contributed by atoms with Gasteiger partial charge < -0.3 is 14.5 Å². The van der Waals surface area contributed by atoms with Crippen molar-refractivity contribution in [1.82, 2.24) is 5.32 Å². The molecule has 0 radical (unpaired) electrons. The third kappa shape index (κ3) is 3.99. The van der Waals surface area contributed by atoms with Crippen molar-refractivity contribution < 1.29 is 9.15 Å². The molecule has 1 atom stereocenters. The van der Waals surface area contributed by atoms with Crippen molar-refractivity contribution in [1.29, 1.82) is 0 Å². The molecule has 16 heavy (non-hydrogen) atoms. The fourth-order valence-electron chi connectivity index (χ4n) is 1.42. The molecular weight excluding hydrogens is 202 g/mol. The lowest BCUT2D eigenvalue weighted by atomic mass is 10.2. The third-order valence-electron chi connectivity index (χ3n) is 2.69. The predicted octanol–water partition coefficient (Wildman–Crippen LogP) is 3.01. The average Bonchev–Trinajstić information content (AvgIpc) is 2.64. The number of hydrogen-bond donors (Lipinski definition) is 1. The van der Waals surface area contributed by atoms with E-state index in [1.165, 1.54) is 5.56 Å². The van der Waals surface area contributed by atoms with Crippen LogP contribution in [0.3, 0.4) is 0 Å². The van der Waals surface area contributed by atoms with Crippen LogP contribution in [-0.4, -0.2) is 12.6 Å². The molecule has 1 unspecified atom stereocenters. The van der Waals surface area contributed by atoms with Crippen molar-refractivity contribution in [2.24, 2.45) is 0 Å². The molecule has 92 valence electrons. The van der Waals surface area contributed by atoms with Crippen LogP contribution in [0, 0.1) is 6.92 Å². The standard InChI is InChI=1S/C13H23NO2/c1-5-11(4)15-9-12-7-10(3)13(16-12)8-14-6-2/h7,11,14H,5-6,8-9H2,1-4H3. The molecule has 0 aromatic carbocycles. The Bertz CT molecular complexity index is 307. The summed E-state index contributed by atoms with van der Waals surface area (Å²) in [6, 6.07) is 2.06. The minimum absolute atomic E-state index is 0.294. The van der Waals surface area contributed by atoms with Crippen LogP contribution < -0.4 is 5.32 Å². The van der Waals surface area contributed by atoms with Gasteiger partial charge >= 0.3 is 0 Å². The molecule has 0 aliphatic carbocycles. The Morgan fingerprint density at radius 3 is 2.81 bits per heavy atom. The van der Waals surface area contributed by atoms with Crippen LogP contribution in [0.15, 0.2) is 10.5 Å². The van der Waals surface area contributed by atoms with Crippen LogP contribution >= 0.6 is 0 Å². The van der Waals surface area contributed by atoms with Gasteiger partial charge in [0.2, 0.25) is 0 Å². The van der Waals surface area contributed by atoms with Crippen LogP contribution in [0.25, 0.3) is 0 Å². The van der Waals surface area contributed by atoms with Crippen molar-refractivity contribution in [3.63, 3.8) is 0 Å². The first-order chi connectivity index (χ1) is 7.67. The van der Waals surface area contributed by atoms with Crippen LogP contribution in [0.4, 0.5) is 0 Å². The van der Waals surface area contributed by atoms with Crippen molar-refractivity contribution in [3.8, 4) is 0 Å². The number of rotatable bonds is 7. The van der Waals surface area contributed by atoms with E-state index < -0.39 is 0 Å². The molecule has 0 fully saturated rings. The molecule has 0 aliphatic rings. The summed E-state index contributed by atoms with van der Waals surface area (Å²) >= 11 is 0. The van der Waals surface area contributed by atoms with E-state index in [1.807, 2.05) is 0 Å². The predicted molar refractivity (Wildman–Crippen MR) is 65.4 cm³/mol. The first kappa shape index (κ1) is 13.3. The van der Waals surface area contributed by atoms with E-state index in [2.05, 4.69) is 39.1 Å². The fraction of sp³-hybridized carbons (Fsp3) is 0.692. The van der Waals surface area contributed by atoms with E-state index in [1.54, 1.807) is 0 Å². The van der Waals surface area contributed by atoms with Gasteiger partial charge in [0.25, 0.3) is 0 Å². The van der Waals surface area contributed by atoms with Gasteiger partial charge in [-0.25, -0.2) is 0 Å². The Balaban J connectivity index is 2.48. The Morgan fingerprint density at radius 1 is 1.44 bits per heavy atom. The maximum Gasteiger partial charge on any atom is 0.130 e. The summed E-state index contributed by atoms with van der Waals surface area (Å²) in [7, 11) is 0. The molecule has 1 aromatic heterocycles. The molecule has 1 N–H and O–H groups in total. The molecular formula is C13H23NO2. The van der Waals surface area contributed by atoms with E-state index in [0.29, 0.717) is 12.7 Å². The fourth-order valence-corrected chi connectivity index (χ4v) is 1.42. The molecule has 0 amide bonds. The van der Waals surface area contributed by atoms with E-state index in [4.69, 9.17) is 9.15 Å². The largest absolute Gasteiger partial charge is 0.462 e. The maximum absolute atomic E-state index is 5.72. The topological polar surface area (TPSA) is 34.4 Å². The van der Waals surface area contributed by atoms with E-state index in [-0.39, 0.29) is 0 Å². The van der Waals surface area contributed by atoms with E-state index >= 15 is 0 Å². The second kappa shape index (κ2) is 6.71. The van der Waals surface area contributed by atoms with Gasteiger partial charge in [0, 0.05) is 0 Å². The lowest BCUT2D eigenvalue weighted by Crippen LogP contribution is -2.11.